The van der Waals surface area contributed by atoms with Crippen LogP contribution in [0.2, 0.25) is 0 Å². The van der Waals surface area contributed by atoms with Gasteiger partial charge in [0.2, 0.25) is 10.0 Å². The lowest BCUT2D eigenvalue weighted by Gasteiger charge is -2.35. The predicted molar refractivity (Wildman–Crippen MR) is 78.9 cm³/mol. The maximum absolute atomic E-state index is 13.1. The molecule has 1 fully saturated rings. The van der Waals surface area contributed by atoms with Crippen LogP contribution in [-0.2, 0) is 10.0 Å². The van der Waals surface area contributed by atoms with Crippen LogP contribution in [0.4, 0.5) is 4.39 Å². The van der Waals surface area contributed by atoms with Gasteiger partial charge in [0.15, 0.2) is 0 Å². The van der Waals surface area contributed by atoms with Crippen LogP contribution in [-0.4, -0.2) is 26.7 Å². The third-order valence-electron chi connectivity index (χ3n) is 4.31. The largest absolute Gasteiger partial charge is 0.396 e. The molecule has 4 nitrogen and oxygen atoms in total. The standard InChI is InChI=1S/C15H22FNO3S/c1-12-9-13(16)5-6-14(12)21(19,20)17-10-15(11-18)7-3-2-4-8-15/h5-6,9,17-18H,2-4,7-8,10-11H2,1H3. The van der Waals surface area contributed by atoms with E-state index in [1.54, 1.807) is 6.92 Å². The molecular weight excluding hydrogens is 293 g/mol. The number of hydrogen-bond donors (Lipinski definition) is 2. The SMILES string of the molecule is Cc1cc(F)ccc1S(=O)(=O)NCC1(CO)CCCCC1. The van der Waals surface area contributed by atoms with Gasteiger partial charge in [-0.15, -0.1) is 0 Å². The molecule has 0 aromatic heterocycles. The van der Waals surface area contributed by atoms with E-state index in [0.29, 0.717) is 5.56 Å². The van der Waals surface area contributed by atoms with Crippen molar-refractivity contribution in [3.8, 4) is 0 Å². The average molecular weight is 315 g/mol. The minimum atomic E-state index is -3.68. The highest BCUT2D eigenvalue weighted by Gasteiger charge is 2.33. The summed E-state index contributed by atoms with van der Waals surface area (Å²) in [5, 5.41) is 9.62. The number of aryl methyl sites for hydroxylation is 1. The lowest BCUT2D eigenvalue weighted by atomic mass is 9.75. The van der Waals surface area contributed by atoms with Gasteiger partial charge in [-0.3, -0.25) is 0 Å². The van der Waals surface area contributed by atoms with Gasteiger partial charge in [0, 0.05) is 18.6 Å². The summed E-state index contributed by atoms with van der Waals surface area (Å²) in [4.78, 5) is 0.0906. The Hall–Kier alpha value is -0.980. The van der Waals surface area contributed by atoms with Gasteiger partial charge in [-0.05, 0) is 43.5 Å². The van der Waals surface area contributed by atoms with Crippen molar-refractivity contribution in [1.82, 2.24) is 4.72 Å². The Kier molecular flexibility index (Phi) is 5.01. The number of sulfonamides is 1. The molecule has 0 heterocycles. The molecule has 0 aliphatic heterocycles. The number of rotatable bonds is 5. The van der Waals surface area contributed by atoms with E-state index >= 15 is 0 Å². The molecule has 21 heavy (non-hydrogen) atoms. The maximum Gasteiger partial charge on any atom is 0.240 e. The van der Waals surface area contributed by atoms with Gasteiger partial charge in [-0.25, -0.2) is 17.5 Å². The van der Waals surface area contributed by atoms with Crippen LogP contribution in [0.1, 0.15) is 37.7 Å². The number of aliphatic hydroxyl groups is 1. The van der Waals surface area contributed by atoms with Crippen molar-refractivity contribution in [3.63, 3.8) is 0 Å². The average Bonchev–Trinajstić information content (AvgIpc) is 2.46. The Labute approximate surface area is 125 Å². The zero-order valence-electron chi connectivity index (χ0n) is 12.2. The highest BCUT2D eigenvalue weighted by atomic mass is 32.2. The molecule has 118 valence electrons. The number of halogens is 1. The summed E-state index contributed by atoms with van der Waals surface area (Å²) in [7, 11) is -3.68. The first-order valence-electron chi connectivity index (χ1n) is 7.25. The molecule has 1 saturated carbocycles. The summed E-state index contributed by atoms with van der Waals surface area (Å²) in [5.41, 5.74) is 0.0170. The fraction of sp³-hybridized carbons (Fsp3) is 0.600. The third-order valence-corrected chi connectivity index (χ3v) is 5.87. The van der Waals surface area contributed by atoms with Gasteiger partial charge in [-0.2, -0.15) is 0 Å². The van der Waals surface area contributed by atoms with Crippen LogP contribution >= 0.6 is 0 Å². The van der Waals surface area contributed by atoms with E-state index in [1.165, 1.54) is 12.1 Å². The Morgan fingerprint density at radius 2 is 1.95 bits per heavy atom. The molecule has 0 bridgehead atoms. The van der Waals surface area contributed by atoms with Crippen molar-refractivity contribution in [2.45, 2.75) is 43.9 Å². The van der Waals surface area contributed by atoms with Crippen molar-refractivity contribution >= 4 is 10.0 Å². The summed E-state index contributed by atoms with van der Waals surface area (Å²) in [6.45, 7) is 1.78. The Balaban J connectivity index is 2.13. The minimum absolute atomic E-state index is 0.0160. The smallest absolute Gasteiger partial charge is 0.240 e. The zero-order valence-corrected chi connectivity index (χ0v) is 13.0. The summed E-state index contributed by atoms with van der Waals surface area (Å²) in [5.74, 6) is -0.453. The maximum atomic E-state index is 13.1. The van der Waals surface area contributed by atoms with Crippen molar-refractivity contribution in [2.24, 2.45) is 5.41 Å². The van der Waals surface area contributed by atoms with Gasteiger partial charge in [0.05, 0.1) is 4.90 Å². The number of nitrogens with one attached hydrogen (secondary N) is 1. The normalized spacial score (nSPS) is 18.6. The molecule has 2 N–H and O–H groups in total. The molecule has 1 aliphatic rings. The summed E-state index contributed by atoms with van der Waals surface area (Å²) in [6, 6.07) is 3.63. The molecule has 0 unspecified atom stereocenters. The Bertz CT molecular complexity index is 595. The van der Waals surface area contributed by atoms with Crippen molar-refractivity contribution in [3.05, 3.63) is 29.6 Å². The molecule has 0 saturated heterocycles. The molecule has 0 amide bonds. The molecule has 2 rings (SSSR count). The monoisotopic (exact) mass is 315 g/mol. The number of hydrogen-bond acceptors (Lipinski definition) is 3. The molecular formula is C15H22FNO3S. The number of aliphatic hydroxyl groups excluding tert-OH is 1. The lowest BCUT2D eigenvalue weighted by molar-refractivity contribution is 0.0867. The molecule has 0 atom stereocenters. The van der Waals surface area contributed by atoms with Crippen LogP contribution in [0, 0.1) is 18.2 Å². The fourth-order valence-electron chi connectivity index (χ4n) is 2.93. The predicted octanol–water partition coefficient (Wildman–Crippen LogP) is 2.36. The van der Waals surface area contributed by atoms with E-state index in [9.17, 15) is 17.9 Å². The Morgan fingerprint density at radius 3 is 2.52 bits per heavy atom. The van der Waals surface area contributed by atoms with Gasteiger partial charge < -0.3 is 5.11 Å². The summed E-state index contributed by atoms with van der Waals surface area (Å²) < 4.78 is 40.4. The summed E-state index contributed by atoms with van der Waals surface area (Å²) >= 11 is 0. The number of benzene rings is 1. The highest BCUT2D eigenvalue weighted by molar-refractivity contribution is 7.89. The van der Waals surface area contributed by atoms with Crippen LogP contribution < -0.4 is 4.72 Å². The van der Waals surface area contributed by atoms with E-state index in [1.807, 2.05) is 0 Å². The van der Waals surface area contributed by atoms with Gasteiger partial charge >= 0.3 is 0 Å². The van der Waals surface area contributed by atoms with E-state index in [4.69, 9.17) is 0 Å². The fourth-order valence-corrected chi connectivity index (χ4v) is 4.31. The van der Waals surface area contributed by atoms with Crippen LogP contribution in [0.25, 0.3) is 0 Å². The molecule has 1 aromatic rings. The zero-order chi connectivity index (χ0) is 15.5. The second kappa shape index (κ2) is 6.42. The topological polar surface area (TPSA) is 66.4 Å². The van der Waals surface area contributed by atoms with Crippen LogP contribution in [0.5, 0.6) is 0 Å². The van der Waals surface area contributed by atoms with Gasteiger partial charge in [-0.1, -0.05) is 19.3 Å². The van der Waals surface area contributed by atoms with E-state index < -0.39 is 15.8 Å². The van der Waals surface area contributed by atoms with E-state index in [0.717, 1.165) is 38.2 Å². The second-order valence-electron chi connectivity index (χ2n) is 5.95. The van der Waals surface area contributed by atoms with Gasteiger partial charge in [0.25, 0.3) is 0 Å². The first-order chi connectivity index (χ1) is 9.88. The highest BCUT2D eigenvalue weighted by Crippen LogP contribution is 2.35. The Morgan fingerprint density at radius 1 is 1.29 bits per heavy atom. The quantitative estimate of drug-likeness (QED) is 0.876. The lowest BCUT2D eigenvalue weighted by Crippen LogP contribution is -2.41. The molecule has 0 spiro atoms. The third kappa shape index (κ3) is 3.81. The molecule has 6 heteroatoms. The van der Waals surface area contributed by atoms with Crippen LogP contribution in [0.15, 0.2) is 23.1 Å². The van der Waals surface area contributed by atoms with E-state index in [-0.39, 0.29) is 23.5 Å². The molecule has 0 radical (unpaired) electrons. The second-order valence-corrected chi connectivity index (χ2v) is 7.69. The molecule has 1 aromatic carbocycles. The van der Waals surface area contributed by atoms with Crippen LogP contribution in [0.3, 0.4) is 0 Å². The molecule has 1 aliphatic carbocycles. The minimum Gasteiger partial charge on any atom is -0.396 e. The van der Waals surface area contributed by atoms with Crippen molar-refractivity contribution < 1.29 is 17.9 Å². The van der Waals surface area contributed by atoms with E-state index in [2.05, 4.69) is 4.72 Å². The first-order valence-corrected chi connectivity index (χ1v) is 8.74. The van der Waals surface area contributed by atoms with Crippen molar-refractivity contribution in [2.75, 3.05) is 13.2 Å². The first kappa shape index (κ1) is 16.4. The van der Waals surface area contributed by atoms with Crippen molar-refractivity contribution in [1.29, 1.82) is 0 Å². The van der Waals surface area contributed by atoms with Gasteiger partial charge in [0.1, 0.15) is 5.82 Å². The summed E-state index contributed by atoms with van der Waals surface area (Å²) in [6.07, 6.45) is 4.81.